The van der Waals surface area contributed by atoms with Gasteiger partial charge in [0.1, 0.15) is 0 Å². The van der Waals surface area contributed by atoms with Gasteiger partial charge in [-0.15, -0.1) is 0 Å². The summed E-state index contributed by atoms with van der Waals surface area (Å²) in [5, 5.41) is 19.2. The molecule has 4 atom stereocenters. The van der Waals surface area contributed by atoms with E-state index in [1.807, 2.05) is 6.92 Å². The number of aliphatic hydroxyl groups excluding tert-OH is 2. The lowest BCUT2D eigenvalue weighted by Gasteiger charge is -2.35. The molecule has 1 saturated heterocycles. The minimum atomic E-state index is -0.219. The van der Waals surface area contributed by atoms with Gasteiger partial charge >= 0.3 is 0 Å². The standard InChI is InChI=1S/C8H16O2S/c1-5-3-7(10)6(2)8(4-9)11-5/h5-10H,3-4H2,1-2H3. The predicted octanol–water partition coefficient (Wildman–Crippen LogP) is 0.870. The summed E-state index contributed by atoms with van der Waals surface area (Å²) >= 11 is 1.79. The second kappa shape index (κ2) is 3.78. The van der Waals surface area contributed by atoms with Crippen molar-refractivity contribution in [2.24, 2.45) is 5.92 Å². The van der Waals surface area contributed by atoms with E-state index in [4.69, 9.17) is 5.11 Å². The maximum Gasteiger partial charge on any atom is 0.0587 e. The van der Waals surface area contributed by atoms with E-state index < -0.39 is 0 Å². The lowest BCUT2D eigenvalue weighted by atomic mass is 9.96. The molecule has 4 unspecified atom stereocenters. The zero-order valence-corrected chi connectivity index (χ0v) is 7.84. The van der Waals surface area contributed by atoms with Crippen molar-refractivity contribution in [2.75, 3.05) is 6.61 Å². The predicted molar refractivity (Wildman–Crippen MR) is 47.7 cm³/mol. The highest BCUT2D eigenvalue weighted by Gasteiger charge is 2.31. The van der Waals surface area contributed by atoms with Crippen molar-refractivity contribution in [1.82, 2.24) is 0 Å². The third kappa shape index (κ3) is 2.10. The number of rotatable bonds is 1. The van der Waals surface area contributed by atoms with E-state index in [2.05, 4.69) is 6.92 Å². The molecule has 1 rings (SSSR count). The van der Waals surface area contributed by atoms with Crippen molar-refractivity contribution in [3.8, 4) is 0 Å². The quantitative estimate of drug-likeness (QED) is 0.623. The van der Waals surface area contributed by atoms with E-state index in [0.717, 1.165) is 6.42 Å². The molecule has 0 saturated carbocycles. The molecule has 0 spiro atoms. The number of hydrogen-bond donors (Lipinski definition) is 2. The van der Waals surface area contributed by atoms with Gasteiger partial charge in [0, 0.05) is 10.5 Å². The normalized spacial score (nSPS) is 45.8. The van der Waals surface area contributed by atoms with Crippen LogP contribution < -0.4 is 0 Å². The van der Waals surface area contributed by atoms with Crippen molar-refractivity contribution in [1.29, 1.82) is 0 Å². The summed E-state index contributed by atoms with van der Waals surface area (Å²) < 4.78 is 0. The SMILES string of the molecule is CC1CC(O)C(C)C(CO)S1. The minimum Gasteiger partial charge on any atom is -0.395 e. The maximum absolute atomic E-state index is 9.53. The first-order chi connectivity index (χ1) is 5.15. The lowest BCUT2D eigenvalue weighted by Crippen LogP contribution is -2.37. The summed E-state index contributed by atoms with van der Waals surface area (Å²) in [6.45, 7) is 4.29. The Bertz CT molecular complexity index is 129. The fourth-order valence-corrected chi connectivity index (χ4v) is 2.91. The smallest absolute Gasteiger partial charge is 0.0587 e. The van der Waals surface area contributed by atoms with Crippen LogP contribution in [-0.4, -0.2) is 33.4 Å². The second-order valence-corrected chi connectivity index (χ2v) is 5.01. The second-order valence-electron chi connectivity index (χ2n) is 3.33. The third-order valence-corrected chi connectivity index (χ3v) is 3.94. The molecule has 0 aromatic rings. The molecule has 1 fully saturated rings. The largest absolute Gasteiger partial charge is 0.395 e. The summed E-state index contributed by atoms with van der Waals surface area (Å²) in [5.74, 6) is 0.237. The van der Waals surface area contributed by atoms with Gasteiger partial charge in [-0.2, -0.15) is 11.8 Å². The molecule has 1 aliphatic rings. The Morgan fingerprint density at radius 1 is 1.45 bits per heavy atom. The average molecular weight is 176 g/mol. The Morgan fingerprint density at radius 3 is 2.64 bits per heavy atom. The summed E-state index contributed by atoms with van der Waals surface area (Å²) in [4.78, 5) is 0. The fourth-order valence-electron chi connectivity index (χ4n) is 1.49. The first-order valence-electron chi connectivity index (χ1n) is 4.09. The van der Waals surface area contributed by atoms with Crippen LogP contribution in [0.5, 0.6) is 0 Å². The summed E-state index contributed by atoms with van der Waals surface area (Å²) in [6.07, 6.45) is 0.644. The lowest BCUT2D eigenvalue weighted by molar-refractivity contribution is 0.0889. The molecule has 0 radical (unpaired) electrons. The Morgan fingerprint density at radius 2 is 2.09 bits per heavy atom. The minimum absolute atomic E-state index is 0.188. The van der Waals surface area contributed by atoms with Gasteiger partial charge in [-0.1, -0.05) is 13.8 Å². The van der Waals surface area contributed by atoms with Crippen molar-refractivity contribution >= 4 is 11.8 Å². The highest BCUT2D eigenvalue weighted by Crippen LogP contribution is 2.35. The third-order valence-electron chi connectivity index (χ3n) is 2.35. The van der Waals surface area contributed by atoms with Crippen LogP contribution in [0.15, 0.2) is 0 Å². The van der Waals surface area contributed by atoms with Crippen molar-refractivity contribution < 1.29 is 10.2 Å². The highest BCUT2D eigenvalue weighted by molar-refractivity contribution is 8.00. The molecule has 3 heteroatoms. The first kappa shape index (κ1) is 9.36. The van der Waals surface area contributed by atoms with Crippen LogP contribution >= 0.6 is 11.8 Å². The molecule has 0 aromatic carbocycles. The van der Waals surface area contributed by atoms with E-state index >= 15 is 0 Å². The number of hydrogen-bond acceptors (Lipinski definition) is 3. The van der Waals surface area contributed by atoms with Gasteiger partial charge < -0.3 is 10.2 Å². The molecular weight excluding hydrogens is 160 g/mol. The number of thioether (sulfide) groups is 1. The van der Waals surface area contributed by atoms with Crippen LogP contribution in [0.3, 0.4) is 0 Å². The van der Waals surface area contributed by atoms with Crippen LogP contribution in [-0.2, 0) is 0 Å². The van der Waals surface area contributed by atoms with Crippen LogP contribution in [0.2, 0.25) is 0 Å². The topological polar surface area (TPSA) is 40.5 Å². The van der Waals surface area contributed by atoms with Gasteiger partial charge in [0.15, 0.2) is 0 Å². The molecule has 1 aliphatic heterocycles. The number of aliphatic hydroxyl groups is 2. The van der Waals surface area contributed by atoms with E-state index in [1.54, 1.807) is 11.8 Å². The molecule has 0 aromatic heterocycles. The Labute approximate surface area is 72.0 Å². The van der Waals surface area contributed by atoms with Crippen molar-refractivity contribution in [2.45, 2.75) is 36.9 Å². The Hall–Kier alpha value is 0.270. The van der Waals surface area contributed by atoms with E-state index in [-0.39, 0.29) is 23.9 Å². The zero-order chi connectivity index (χ0) is 8.43. The van der Waals surface area contributed by atoms with Crippen LogP contribution in [0.1, 0.15) is 20.3 Å². The van der Waals surface area contributed by atoms with Crippen molar-refractivity contribution in [3.63, 3.8) is 0 Å². The van der Waals surface area contributed by atoms with Crippen molar-refractivity contribution in [3.05, 3.63) is 0 Å². The molecular formula is C8H16O2S. The van der Waals surface area contributed by atoms with Crippen LogP contribution in [0, 0.1) is 5.92 Å². The molecule has 66 valence electrons. The van der Waals surface area contributed by atoms with Gasteiger partial charge in [0.25, 0.3) is 0 Å². The molecule has 2 N–H and O–H groups in total. The van der Waals surface area contributed by atoms with Gasteiger partial charge in [0.2, 0.25) is 0 Å². The molecule has 11 heavy (non-hydrogen) atoms. The summed E-state index contributed by atoms with van der Waals surface area (Å²) in [7, 11) is 0. The fraction of sp³-hybridized carbons (Fsp3) is 1.00. The Kier molecular flexibility index (Phi) is 3.22. The molecule has 0 amide bonds. The molecule has 0 bridgehead atoms. The van der Waals surface area contributed by atoms with E-state index in [0.29, 0.717) is 5.25 Å². The first-order valence-corrected chi connectivity index (χ1v) is 5.03. The Balaban J connectivity index is 2.51. The highest BCUT2D eigenvalue weighted by atomic mass is 32.2. The van der Waals surface area contributed by atoms with Gasteiger partial charge in [0.05, 0.1) is 12.7 Å². The monoisotopic (exact) mass is 176 g/mol. The van der Waals surface area contributed by atoms with Gasteiger partial charge in [-0.25, -0.2) is 0 Å². The molecule has 1 heterocycles. The van der Waals surface area contributed by atoms with Gasteiger partial charge in [-0.05, 0) is 12.3 Å². The molecule has 0 aliphatic carbocycles. The summed E-state index contributed by atoms with van der Waals surface area (Å²) in [6, 6.07) is 0. The van der Waals surface area contributed by atoms with E-state index in [1.165, 1.54) is 0 Å². The average Bonchev–Trinajstić information content (AvgIpc) is 1.96. The van der Waals surface area contributed by atoms with E-state index in [9.17, 15) is 5.11 Å². The van der Waals surface area contributed by atoms with Gasteiger partial charge in [-0.3, -0.25) is 0 Å². The van der Waals surface area contributed by atoms with Crippen LogP contribution in [0.4, 0.5) is 0 Å². The maximum atomic E-state index is 9.53. The molecule has 2 nitrogen and oxygen atoms in total. The summed E-state index contributed by atoms with van der Waals surface area (Å²) in [5.41, 5.74) is 0. The zero-order valence-electron chi connectivity index (χ0n) is 7.03. The van der Waals surface area contributed by atoms with Crippen LogP contribution in [0.25, 0.3) is 0 Å².